The first-order valence-corrected chi connectivity index (χ1v) is 6.93. The second kappa shape index (κ2) is 5.71. The van der Waals surface area contributed by atoms with Crippen LogP contribution < -0.4 is 5.32 Å². The van der Waals surface area contributed by atoms with Crippen LogP contribution in [0.1, 0.15) is 17.3 Å². The van der Waals surface area contributed by atoms with Gasteiger partial charge in [0.15, 0.2) is 0 Å². The lowest BCUT2D eigenvalue weighted by Gasteiger charge is -2.14. The first-order valence-electron chi connectivity index (χ1n) is 5.20. The molecule has 1 aromatic carbocycles. The molecule has 0 aliphatic rings. The minimum Gasteiger partial charge on any atom is -0.311 e. The van der Waals surface area contributed by atoms with Gasteiger partial charge >= 0.3 is 0 Å². The zero-order valence-corrected chi connectivity index (χ0v) is 11.7. The van der Waals surface area contributed by atoms with Gasteiger partial charge in [0.05, 0.1) is 17.2 Å². The van der Waals surface area contributed by atoms with E-state index in [4.69, 9.17) is 0 Å². The largest absolute Gasteiger partial charge is 0.311 e. The molecule has 0 radical (unpaired) electrons. The van der Waals surface area contributed by atoms with Gasteiger partial charge in [-0.05, 0) is 31.2 Å². The Morgan fingerprint density at radius 3 is 2.94 bits per heavy atom. The molecule has 2 nitrogen and oxygen atoms in total. The zero-order valence-electron chi connectivity index (χ0n) is 9.28. The summed E-state index contributed by atoms with van der Waals surface area (Å²) >= 11 is 4.96. The normalized spacial score (nSPS) is 12.6. The number of thiazole rings is 1. The molecule has 1 atom stereocenters. The maximum atomic E-state index is 13.0. The molecule has 5 heteroatoms. The summed E-state index contributed by atoms with van der Waals surface area (Å²) < 4.78 is 13.8. The second-order valence-electron chi connectivity index (χ2n) is 3.69. The first-order chi connectivity index (χ1) is 8.20. The molecule has 0 bridgehead atoms. The number of benzene rings is 1. The molecular weight excluding hydrogens is 303 g/mol. The van der Waals surface area contributed by atoms with Gasteiger partial charge in [0.25, 0.3) is 0 Å². The predicted octanol–water partition coefficient (Wildman–Crippen LogP) is 3.55. The van der Waals surface area contributed by atoms with E-state index >= 15 is 0 Å². The average Bonchev–Trinajstić information content (AvgIpc) is 2.81. The van der Waals surface area contributed by atoms with E-state index in [0.717, 1.165) is 22.2 Å². The van der Waals surface area contributed by atoms with Gasteiger partial charge in [-0.1, -0.05) is 22.0 Å². The minimum atomic E-state index is -0.227. The number of rotatable bonds is 4. The highest BCUT2D eigenvalue weighted by atomic mass is 79.9. The molecule has 0 aliphatic carbocycles. The molecule has 0 aliphatic heterocycles. The quantitative estimate of drug-likeness (QED) is 0.933. The van der Waals surface area contributed by atoms with Crippen molar-refractivity contribution >= 4 is 27.3 Å². The monoisotopic (exact) mass is 314 g/mol. The lowest BCUT2D eigenvalue weighted by Crippen LogP contribution is -2.19. The number of aromatic nitrogens is 1. The van der Waals surface area contributed by atoms with Crippen LogP contribution in [0.15, 0.2) is 33.6 Å². The van der Waals surface area contributed by atoms with Crippen LogP contribution in [-0.2, 0) is 6.42 Å². The molecule has 0 saturated carbocycles. The van der Waals surface area contributed by atoms with E-state index in [-0.39, 0.29) is 11.9 Å². The van der Waals surface area contributed by atoms with Crippen molar-refractivity contribution in [2.45, 2.75) is 12.5 Å². The van der Waals surface area contributed by atoms with Gasteiger partial charge in [0.2, 0.25) is 0 Å². The maximum Gasteiger partial charge on any atom is 0.124 e. The van der Waals surface area contributed by atoms with Gasteiger partial charge in [-0.25, -0.2) is 9.37 Å². The van der Waals surface area contributed by atoms with E-state index < -0.39 is 0 Å². The van der Waals surface area contributed by atoms with E-state index in [1.165, 1.54) is 12.1 Å². The Labute approximate surface area is 112 Å². The first kappa shape index (κ1) is 12.7. The van der Waals surface area contributed by atoms with Gasteiger partial charge in [-0.3, -0.25) is 0 Å². The van der Waals surface area contributed by atoms with Gasteiger partial charge in [-0.2, -0.15) is 0 Å². The molecule has 0 spiro atoms. The van der Waals surface area contributed by atoms with E-state index in [9.17, 15) is 4.39 Å². The maximum absolute atomic E-state index is 13.0. The Kier molecular flexibility index (Phi) is 4.25. The molecule has 0 fully saturated rings. The van der Waals surface area contributed by atoms with E-state index in [0.29, 0.717) is 0 Å². The molecule has 2 aromatic rings. The fourth-order valence-electron chi connectivity index (χ4n) is 1.66. The van der Waals surface area contributed by atoms with Gasteiger partial charge in [0.1, 0.15) is 5.82 Å². The van der Waals surface area contributed by atoms with Crippen molar-refractivity contribution in [3.05, 3.63) is 50.6 Å². The standard InChI is InChI=1S/C12H12BrFN2S/c1-15-11(12-6-17-7-16-12)4-8-2-3-9(14)5-10(8)13/h2-3,5-7,11,15H,4H2,1H3. The number of likely N-dealkylation sites (N-methyl/N-ethyl adjacent to an activating group) is 1. The van der Waals surface area contributed by atoms with Crippen molar-refractivity contribution < 1.29 is 4.39 Å². The summed E-state index contributed by atoms with van der Waals surface area (Å²) in [5.74, 6) is -0.227. The summed E-state index contributed by atoms with van der Waals surface area (Å²) in [7, 11) is 1.90. The van der Waals surface area contributed by atoms with Crippen LogP contribution >= 0.6 is 27.3 Å². The number of nitrogens with one attached hydrogen (secondary N) is 1. The van der Waals surface area contributed by atoms with Crippen molar-refractivity contribution in [3.8, 4) is 0 Å². The molecule has 2 rings (SSSR count). The van der Waals surface area contributed by atoms with Gasteiger partial charge in [0, 0.05) is 9.85 Å². The lowest BCUT2D eigenvalue weighted by molar-refractivity contribution is 0.575. The van der Waals surface area contributed by atoms with Crippen molar-refractivity contribution in [1.29, 1.82) is 0 Å². The van der Waals surface area contributed by atoms with Crippen LogP contribution in [0.25, 0.3) is 0 Å². The third kappa shape index (κ3) is 3.12. The molecule has 1 aromatic heterocycles. The SMILES string of the molecule is CNC(Cc1ccc(F)cc1Br)c1cscn1. The zero-order chi connectivity index (χ0) is 12.3. The molecule has 0 amide bonds. The van der Waals surface area contributed by atoms with Crippen LogP contribution in [0.2, 0.25) is 0 Å². The third-order valence-electron chi connectivity index (χ3n) is 2.60. The lowest BCUT2D eigenvalue weighted by atomic mass is 10.0. The highest BCUT2D eigenvalue weighted by Gasteiger charge is 2.13. The Morgan fingerprint density at radius 1 is 1.53 bits per heavy atom. The molecular formula is C12H12BrFN2S. The highest BCUT2D eigenvalue weighted by molar-refractivity contribution is 9.10. The average molecular weight is 315 g/mol. The highest BCUT2D eigenvalue weighted by Crippen LogP contribution is 2.24. The van der Waals surface area contributed by atoms with Crippen LogP contribution in [0, 0.1) is 5.82 Å². The minimum absolute atomic E-state index is 0.156. The molecule has 1 unspecified atom stereocenters. The number of hydrogen-bond acceptors (Lipinski definition) is 3. The van der Waals surface area contributed by atoms with E-state index in [1.54, 1.807) is 17.4 Å². The van der Waals surface area contributed by atoms with E-state index in [2.05, 4.69) is 26.2 Å². The number of halogens is 2. The van der Waals surface area contributed by atoms with Crippen LogP contribution in [-0.4, -0.2) is 12.0 Å². The predicted molar refractivity (Wildman–Crippen MR) is 71.7 cm³/mol. The van der Waals surface area contributed by atoms with Crippen molar-refractivity contribution in [2.75, 3.05) is 7.05 Å². The fraction of sp³-hybridized carbons (Fsp3) is 0.250. The van der Waals surface area contributed by atoms with Crippen LogP contribution in [0.4, 0.5) is 4.39 Å². The number of hydrogen-bond donors (Lipinski definition) is 1. The van der Waals surface area contributed by atoms with Crippen molar-refractivity contribution in [1.82, 2.24) is 10.3 Å². The summed E-state index contributed by atoms with van der Waals surface area (Å²) in [6.45, 7) is 0. The summed E-state index contributed by atoms with van der Waals surface area (Å²) in [4.78, 5) is 4.30. The van der Waals surface area contributed by atoms with Crippen LogP contribution in [0.5, 0.6) is 0 Å². The van der Waals surface area contributed by atoms with E-state index in [1.807, 2.05) is 17.9 Å². The Morgan fingerprint density at radius 2 is 2.35 bits per heavy atom. The Bertz CT molecular complexity index is 487. The van der Waals surface area contributed by atoms with Crippen LogP contribution in [0.3, 0.4) is 0 Å². The molecule has 1 heterocycles. The second-order valence-corrected chi connectivity index (χ2v) is 5.27. The molecule has 17 heavy (non-hydrogen) atoms. The summed E-state index contributed by atoms with van der Waals surface area (Å²) in [5, 5.41) is 5.25. The van der Waals surface area contributed by atoms with Gasteiger partial charge in [-0.15, -0.1) is 11.3 Å². The molecule has 0 saturated heterocycles. The summed E-state index contributed by atoms with van der Waals surface area (Å²) in [6.07, 6.45) is 0.779. The van der Waals surface area contributed by atoms with Crippen molar-refractivity contribution in [3.63, 3.8) is 0 Å². The smallest absolute Gasteiger partial charge is 0.124 e. The molecule has 90 valence electrons. The topological polar surface area (TPSA) is 24.9 Å². The third-order valence-corrected chi connectivity index (χ3v) is 3.94. The molecule has 1 N–H and O–H groups in total. The Balaban J connectivity index is 2.19. The fourth-order valence-corrected chi connectivity index (χ4v) is 2.78. The Hall–Kier alpha value is -0.780. The van der Waals surface area contributed by atoms with Crippen molar-refractivity contribution in [2.24, 2.45) is 0 Å². The number of nitrogens with zero attached hydrogens (tertiary/aromatic N) is 1. The summed E-state index contributed by atoms with van der Waals surface area (Å²) in [6, 6.07) is 4.93. The van der Waals surface area contributed by atoms with Gasteiger partial charge < -0.3 is 5.32 Å². The summed E-state index contributed by atoms with van der Waals surface area (Å²) in [5.41, 5.74) is 3.91.